The molecule has 2 aromatic carbocycles. The lowest BCUT2D eigenvalue weighted by Crippen LogP contribution is -2.45. The number of carbonyl (C=O) groups excluding carboxylic acids is 1. The van der Waals surface area contributed by atoms with Gasteiger partial charge in [0.05, 0.1) is 4.92 Å². The topological polar surface area (TPSA) is 75.5 Å². The Morgan fingerprint density at radius 1 is 1.12 bits per heavy atom. The van der Waals surface area contributed by atoms with Crippen molar-refractivity contribution in [2.45, 2.75) is 26.3 Å². The number of hydrogen-bond acceptors (Lipinski definition) is 4. The van der Waals surface area contributed by atoms with Gasteiger partial charge in [-0.3, -0.25) is 19.8 Å². The van der Waals surface area contributed by atoms with Crippen LogP contribution in [0, 0.1) is 10.1 Å². The minimum Gasteiger partial charge on any atom is -0.350 e. The van der Waals surface area contributed by atoms with Crippen LogP contribution in [-0.2, 0) is 6.42 Å². The van der Waals surface area contributed by atoms with Gasteiger partial charge < -0.3 is 5.32 Å². The van der Waals surface area contributed by atoms with Gasteiger partial charge in [0.15, 0.2) is 0 Å². The van der Waals surface area contributed by atoms with E-state index in [2.05, 4.69) is 36.2 Å². The van der Waals surface area contributed by atoms with Crippen molar-refractivity contribution in [3.05, 3.63) is 75.8 Å². The van der Waals surface area contributed by atoms with E-state index >= 15 is 0 Å². The average Bonchev–Trinajstić information content (AvgIpc) is 2.67. The Balaban J connectivity index is 2.07. The third kappa shape index (κ3) is 5.39. The first kappa shape index (κ1) is 19.6. The highest BCUT2D eigenvalue weighted by atomic mass is 16.6. The molecule has 0 bridgehead atoms. The Bertz CT molecular complexity index is 730. The minimum atomic E-state index is -0.495. The normalized spacial score (nSPS) is 12.0. The molecule has 1 N–H and O–H groups in total. The first-order valence-electron chi connectivity index (χ1n) is 8.85. The molecule has 1 amide bonds. The molecular weight excluding hydrogens is 330 g/mol. The molecule has 2 rings (SSSR count). The number of rotatable bonds is 9. The van der Waals surface area contributed by atoms with Crippen molar-refractivity contribution in [1.82, 2.24) is 10.2 Å². The molecule has 0 aliphatic rings. The molecule has 0 radical (unpaired) electrons. The average molecular weight is 355 g/mol. The van der Waals surface area contributed by atoms with E-state index in [1.807, 2.05) is 18.2 Å². The van der Waals surface area contributed by atoms with Crippen LogP contribution in [0.5, 0.6) is 0 Å². The zero-order chi connectivity index (χ0) is 18.9. The van der Waals surface area contributed by atoms with Gasteiger partial charge in [-0.2, -0.15) is 0 Å². The van der Waals surface area contributed by atoms with Crippen LogP contribution in [0.3, 0.4) is 0 Å². The highest BCUT2D eigenvalue weighted by Crippen LogP contribution is 2.13. The fraction of sp³-hybridized carbons (Fsp3) is 0.350. The highest BCUT2D eigenvalue weighted by molar-refractivity contribution is 5.94. The van der Waals surface area contributed by atoms with Gasteiger partial charge in [0.25, 0.3) is 11.6 Å². The molecule has 0 saturated heterocycles. The summed E-state index contributed by atoms with van der Waals surface area (Å²) in [5, 5.41) is 13.8. The molecule has 6 heteroatoms. The Hall–Kier alpha value is -2.73. The number of amides is 1. The van der Waals surface area contributed by atoms with Crippen molar-refractivity contribution in [1.29, 1.82) is 0 Å². The predicted molar refractivity (Wildman–Crippen MR) is 102 cm³/mol. The summed E-state index contributed by atoms with van der Waals surface area (Å²) in [6, 6.07) is 16.1. The zero-order valence-corrected chi connectivity index (χ0v) is 15.2. The van der Waals surface area contributed by atoms with Crippen molar-refractivity contribution in [2.24, 2.45) is 0 Å². The van der Waals surface area contributed by atoms with Crippen LogP contribution in [0.25, 0.3) is 0 Å². The number of non-ortho nitro benzene ring substituents is 1. The maximum atomic E-state index is 12.4. The number of nitrogens with one attached hydrogen (secondary N) is 1. The zero-order valence-electron chi connectivity index (χ0n) is 15.2. The molecule has 0 heterocycles. The van der Waals surface area contributed by atoms with Crippen molar-refractivity contribution in [3.8, 4) is 0 Å². The molecule has 0 fully saturated rings. The highest BCUT2D eigenvalue weighted by Gasteiger charge is 2.18. The maximum Gasteiger partial charge on any atom is 0.270 e. The van der Waals surface area contributed by atoms with Crippen LogP contribution in [0.15, 0.2) is 54.6 Å². The van der Waals surface area contributed by atoms with Crippen LogP contribution in [0.2, 0.25) is 0 Å². The van der Waals surface area contributed by atoms with Crippen LogP contribution in [-0.4, -0.2) is 41.4 Å². The van der Waals surface area contributed by atoms with Crippen molar-refractivity contribution in [2.75, 3.05) is 19.6 Å². The maximum absolute atomic E-state index is 12.4. The number of nitro benzene ring substituents is 1. The Kier molecular flexibility index (Phi) is 7.29. The summed E-state index contributed by atoms with van der Waals surface area (Å²) in [5.41, 5.74) is 1.44. The Labute approximate surface area is 154 Å². The summed E-state index contributed by atoms with van der Waals surface area (Å²) < 4.78 is 0. The largest absolute Gasteiger partial charge is 0.350 e. The molecule has 6 nitrogen and oxygen atoms in total. The number of benzene rings is 2. The van der Waals surface area contributed by atoms with Gasteiger partial charge in [-0.1, -0.05) is 50.2 Å². The van der Waals surface area contributed by atoms with Crippen molar-refractivity contribution < 1.29 is 9.72 Å². The lowest BCUT2D eigenvalue weighted by atomic mass is 10.0. The van der Waals surface area contributed by atoms with Gasteiger partial charge >= 0.3 is 0 Å². The third-order valence-corrected chi connectivity index (χ3v) is 4.46. The van der Waals surface area contributed by atoms with Gasteiger partial charge in [-0.05, 0) is 31.1 Å². The van der Waals surface area contributed by atoms with Crippen LogP contribution >= 0.6 is 0 Å². The lowest BCUT2D eigenvalue weighted by molar-refractivity contribution is -0.384. The molecule has 138 valence electrons. The van der Waals surface area contributed by atoms with Gasteiger partial charge in [0.1, 0.15) is 0 Å². The molecule has 26 heavy (non-hydrogen) atoms. The predicted octanol–water partition coefficient (Wildman–Crippen LogP) is 3.28. The SMILES string of the molecule is CCN(CC)C(CNC(=O)c1cccc([N+](=O)[O-])c1)Cc1ccccc1. The second-order valence-corrected chi connectivity index (χ2v) is 6.08. The second-order valence-electron chi connectivity index (χ2n) is 6.08. The van der Waals surface area contributed by atoms with E-state index in [9.17, 15) is 14.9 Å². The van der Waals surface area contributed by atoms with E-state index in [0.717, 1.165) is 19.5 Å². The van der Waals surface area contributed by atoms with Crippen LogP contribution in [0.1, 0.15) is 29.8 Å². The summed E-state index contributed by atoms with van der Waals surface area (Å²) in [4.78, 5) is 25.1. The molecule has 1 atom stereocenters. The van der Waals surface area contributed by atoms with Gasteiger partial charge in [0.2, 0.25) is 0 Å². The standard InChI is InChI=1S/C20H25N3O3/c1-3-22(4-2)19(13-16-9-6-5-7-10-16)15-21-20(24)17-11-8-12-18(14-17)23(25)26/h5-12,14,19H,3-4,13,15H2,1-2H3,(H,21,24). The van der Waals surface area contributed by atoms with Crippen molar-refractivity contribution in [3.63, 3.8) is 0 Å². The van der Waals surface area contributed by atoms with Crippen LogP contribution < -0.4 is 5.32 Å². The fourth-order valence-electron chi connectivity index (χ4n) is 3.03. The molecule has 0 saturated carbocycles. The number of nitrogens with zero attached hydrogens (tertiary/aromatic N) is 2. The fourth-order valence-corrected chi connectivity index (χ4v) is 3.03. The summed E-state index contributed by atoms with van der Waals surface area (Å²) in [6.45, 7) is 6.47. The van der Waals surface area contributed by atoms with Gasteiger partial charge in [0, 0.05) is 30.3 Å². The number of carbonyl (C=O) groups is 1. The molecule has 0 aliphatic carbocycles. The van der Waals surface area contributed by atoms with E-state index in [1.54, 1.807) is 6.07 Å². The quantitative estimate of drug-likeness (QED) is 0.553. The Morgan fingerprint density at radius 3 is 2.42 bits per heavy atom. The molecule has 2 aromatic rings. The molecule has 1 unspecified atom stereocenters. The summed E-state index contributed by atoms with van der Waals surface area (Å²) in [5.74, 6) is -0.293. The minimum absolute atomic E-state index is 0.0813. The summed E-state index contributed by atoms with van der Waals surface area (Å²) in [6.07, 6.45) is 0.831. The monoisotopic (exact) mass is 355 g/mol. The molecule has 0 aliphatic heterocycles. The lowest BCUT2D eigenvalue weighted by Gasteiger charge is -2.30. The smallest absolute Gasteiger partial charge is 0.270 e. The van der Waals surface area contributed by atoms with E-state index in [1.165, 1.54) is 23.8 Å². The molecular formula is C20H25N3O3. The number of nitro groups is 1. The van der Waals surface area contributed by atoms with Crippen molar-refractivity contribution >= 4 is 11.6 Å². The first-order chi connectivity index (χ1) is 12.5. The van der Waals surface area contributed by atoms with E-state index < -0.39 is 4.92 Å². The first-order valence-corrected chi connectivity index (χ1v) is 8.85. The summed E-state index contributed by atoms with van der Waals surface area (Å²) >= 11 is 0. The second kappa shape index (κ2) is 9.68. The van der Waals surface area contributed by atoms with E-state index in [4.69, 9.17) is 0 Å². The van der Waals surface area contributed by atoms with Crippen LogP contribution in [0.4, 0.5) is 5.69 Å². The summed E-state index contributed by atoms with van der Waals surface area (Å²) in [7, 11) is 0. The van der Waals surface area contributed by atoms with Gasteiger partial charge in [-0.15, -0.1) is 0 Å². The van der Waals surface area contributed by atoms with E-state index in [0.29, 0.717) is 12.1 Å². The van der Waals surface area contributed by atoms with Gasteiger partial charge in [-0.25, -0.2) is 0 Å². The molecule has 0 spiro atoms. The number of hydrogen-bond donors (Lipinski definition) is 1. The number of likely N-dealkylation sites (N-methyl/N-ethyl adjacent to an activating group) is 1. The Morgan fingerprint density at radius 2 is 1.81 bits per heavy atom. The molecule has 0 aromatic heterocycles. The van der Waals surface area contributed by atoms with E-state index in [-0.39, 0.29) is 17.6 Å². The third-order valence-electron chi connectivity index (χ3n) is 4.46.